The quantitative estimate of drug-likeness (QED) is 0.693. The van der Waals surface area contributed by atoms with Crippen LogP contribution in [0.3, 0.4) is 0 Å². The van der Waals surface area contributed by atoms with Crippen molar-refractivity contribution in [3.05, 3.63) is 11.8 Å². The Labute approximate surface area is 90.9 Å². The Hall–Kier alpha value is -0.900. The molecule has 2 atom stereocenters. The van der Waals surface area contributed by atoms with E-state index in [4.69, 9.17) is 5.41 Å². The van der Waals surface area contributed by atoms with Crippen LogP contribution in [-0.2, 0) is 0 Å². The lowest BCUT2D eigenvalue weighted by Crippen LogP contribution is -2.34. The Balaban J connectivity index is 2.78. The first-order valence-corrected chi connectivity index (χ1v) is 5.24. The van der Waals surface area contributed by atoms with Gasteiger partial charge in [0.1, 0.15) is 6.17 Å². The van der Waals surface area contributed by atoms with Crippen molar-refractivity contribution in [1.82, 2.24) is 10.2 Å². The Morgan fingerprint density at radius 1 is 1.67 bits per heavy atom. The molecule has 15 heavy (non-hydrogen) atoms. The summed E-state index contributed by atoms with van der Waals surface area (Å²) in [6, 6.07) is 0. The molecule has 0 saturated carbocycles. The smallest absolute Gasteiger partial charge is 0.135 e. The molecule has 1 heterocycles. The van der Waals surface area contributed by atoms with Crippen LogP contribution in [0.1, 0.15) is 13.3 Å². The molecule has 0 aromatic carbocycles. The molecule has 0 amide bonds. The molecule has 3 nitrogen and oxygen atoms in total. The lowest BCUT2D eigenvalue weighted by atomic mass is 9.81. The third-order valence-corrected chi connectivity index (χ3v) is 3.08. The molecule has 2 unspecified atom stereocenters. The summed E-state index contributed by atoms with van der Waals surface area (Å²) in [6.45, 7) is 3.64. The van der Waals surface area contributed by atoms with Gasteiger partial charge in [-0.15, -0.1) is 0 Å². The fourth-order valence-corrected chi connectivity index (χ4v) is 2.18. The lowest BCUT2D eigenvalue weighted by molar-refractivity contribution is 0.167. The molecule has 0 aromatic heterocycles. The normalized spacial score (nSPS) is 30.3. The van der Waals surface area contributed by atoms with E-state index in [1.54, 1.807) is 13.2 Å². The van der Waals surface area contributed by atoms with Crippen molar-refractivity contribution in [3.8, 4) is 0 Å². The van der Waals surface area contributed by atoms with Gasteiger partial charge < -0.3 is 15.6 Å². The monoisotopic (exact) mass is 213 g/mol. The molecular formula is C11H20FN3. The van der Waals surface area contributed by atoms with Crippen molar-refractivity contribution in [2.45, 2.75) is 19.5 Å². The fourth-order valence-electron chi connectivity index (χ4n) is 2.18. The second-order valence-electron chi connectivity index (χ2n) is 4.58. The molecule has 2 N–H and O–H groups in total. The zero-order valence-corrected chi connectivity index (χ0v) is 9.68. The second-order valence-corrected chi connectivity index (χ2v) is 4.58. The number of halogens is 1. The maximum Gasteiger partial charge on any atom is 0.135 e. The summed E-state index contributed by atoms with van der Waals surface area (Å²) in [6.07, 6.45) is 2.46. The van der Waals surface area contributed by atoms with Crippen molar-refractivity contribution < 1.29 is 4.39 Å². The number of likely N-dealkylation sites (tertiary alicyclic amines) is 1. The molecule has 86 valence electrons. The topological polar surface area (TPSA) is 39.1 Å². The summed E-state index contributed by atoms with van der Waals surface area (Å²) in [5.41, 5.74) is 0.0740. The Morgan fingerprint density at radius 3 is 2.73 bits per heavy atom. The van der Waals surface area contributed by atoms with Gasteiger partial charge in [-0.1, -0.05) is 6.92 Å². The summed E-state index contributed by atoms with van der Waals surface area (Å²) >= 11 is 0. The van der Waals surface area contributed by atoms with E-state index in [1.807, 2.05) is 14.0 Å². The minimum atomic E-state index is -1.06. The predicted molar refractivity (Wildman–Crippen MR) is 61.0 cm³/mol. The second kappa shape index (κ2) is 4.75. The van der Waals surface area contributed by atoms with Gasteiger partial charge >= 0.3 is 0 Å². The highest BCUT2D eigenvalue weighted by atomic mass is 19.1. The van der Waals surface area contributed by atoms with E-state index in [0.29, 0.717) is 5.57 Å². The van der Waals surface area contributed by atoms with Gasteiger partial charge in [-0.05, 0) is 20.0 Å². The van der Waals surface area contributed by atoms with Crippen molar-refractivity contribution >= 4 is 6.21 Å². The predicted octanol–water partition coefficient (Wildman–Crippen LogP) is 1.42. The summed E-state index contributed by atoms with van der Waals surface area (Å²) < 4.78 is 14.2. The van der Waals surface area contributed by atoms with E-state index in [1.165, 1.54) is 0 Å². The Bertz CT molecular complexity index is 265. The van der Waals surface area contributed by atoms with Gasteiger partial charge in [0.15, 0.2) is 0 Å². The summed E-state index contributed by atoms with van der Waals surface area (Å²) in [7, 11) is 3.73. The highest BCUT2D eigenvalue weighted by Gasteiger charge is 2.41. The maximum absolute atomic E-state index is 14.2. The van der Waals surface area contributed by atoms with Crippen molar-refractivity contribution in [3.63, 3.8) is 0 Å². The van der Waals surface area contributed by atoms with Crippen molar-refractivity contribution in [2.75, 3.05) is 27.2 Å². The van der Waals surface area contributed by atoms with Crippen LogP contribution in [0.25, 0.3) is 0 Å². The Kier molecular flexibility index (Phi) is 3.85. The number of nitrogens with zero attached hydrogens (tertiary/aromatic N) is 1. The van der Waals surface area contributed by atoms with Crippen LogP contribution >= 0.6 is 0 Å². The summed E-state index contributed by atoms with van der Waals surface area (Å²) in [5.74, 6) is 0. The van der Waals surface area contributed by atoms with Gasteiger partial charge in [0, 0.05) is 37.0 Å². The first kappa shape index (κ1) is 12.2. The van der Waals surface area contributed by atoms with Crippen molar-refractivity contribution in [1.29, 1.82) is 5.41 Å². The molecule has 1 aliphatic rings. The minimum Gasteiger partial charge on any atom is -0.394 e. The van der Waals surface area contributed by atoms with Gasteiger partial charge in [-0.25, -0.2) is 4.39 Å². The number of nitrogens with one attached hydrogen (secondary N) is 2. The summed E-state index contributed by atoms with van der Waals surface area (Å²) in [5, 5.41) is 9.99. The number of hydrogen-bond acceptors (Lipinski definition) is 3. The lowest BCUT2D eigenvalue weighted by Gasteiger charge is -2.28. The van der Waals surface area contributed by atoms with E-state index >= 15 is 0 Å². The average Bonchev–Trinajstić information content (AvgIpc) is 2.55. The van der Waals surface area contributed by atoms with E-state index in [-0.39, 0.29) is 5.41 Å². The number of hydrogen-bond donors (Lipinski definition) is 2. The molecule has 0 radical (unpaired) electrons. The van der Waals surface area contributed by atoms with Gasteiger partial charge in [0.2, 0.25) is 0 Å². The van der Waals surface area contributed by atoms with Gasteiger partial charge in [0.25, 0.3) is 0 Å². The van der Waals surface area contributed by atoms with Crippen LogP contribution < -0.4 is 5.32 Å². The zero-order valence-electron chi connectivity index (χ0n) is 9.68. The SMILES string of the molecule is CN/C=C(/C=N)C(F)C1(C)CCN(C)C1. The fraction of sp³-hybridized carbons (Fsp3) is 0.727. The summed E-state index contributed by atoms with van der Waals surface area (Å²) in [4.78, 5) is 2.13. The van der Waals surface area contributed by atoms with E-state index < -0.39 is 6.17 Å². The van der Waals surface area contributed by atoms with E-state index in [0.717, 1.165) is 25.7 Å². The molecule has 1 aliphatic heterocycles. The first-order chi connectivity index (χ1) is 7.03. The third kappa shape index (κ3) is 2.56. The molecular weight excluding hydrogens is 193 g/mol. The molecule has 1 fully saturated rings. The van der Waals surface area contributed by atoms with Crippen LogP contribution in [0.4, 0.5) is 4.39 Å². The average molecular weight is 213 g/mol. The highest BCUT2D eigenvalue weighted by Crippen LogP contribution is 2.37. The largest absolute Gasteiger partial charge is 0.394 e. The Morgan fingerprint density at radius 2 is 2.33 bits per heavy atom. The molecule has 1 rings (SSSR count). The van der Waals surface area contributed by atoms with Crippen molar-refractivity contribution in [2.24, 2.45) is 5.41 Å². The number of allylic oxidation sites excluding steroid dienone is 1. The van der Waals surface area contributed by atoms with E-state index in [9.17, 15) is 4.39 Å². The van der Waals surface area contributed by atoms with Crippen LogP contribution in [-0.4, -0.2) is 44.5 Å². The standard InChI is InChI=1S/C11H20FN3/c1-11(4-5-15(3)8-11)10(12)9(6-13)7-14-2/h6-7,10,13-14H,4-5,8H2,1-3H3/b9-7-,13-6?. The maximum atomic E-state index is 14.2. The van der Waals surface area contributed by atoms with Crippen LogP contribution in [0.15, 0.2) is 11.8 Å². The number of alkyl halides is 1. The zero-order chi connectivity index (χ0) is 11.5. The van der Waals surface area contributed by atoms with Gasteiger partial charge in [-0.3, -0.25) is 0 Å². The molecule has 0 bridgehead atoms. The van der Waals surface area contributed by atoms with Gasteiger partial charge in [0.05, 0.1) is 0 Å². The highest BCUT2D eigenvalue weighted by molar-refractivity contribution is 5.77. The molecule has 0 aliphatic carbocycles. The molecule has 4 heteroatoms. The van der Waals surface area contributed by atoms with Crippen LogP contribution in [0.2, 0.25) is 0 Å². The first-order valence-electron chi connectivity index (χ1n) is 5.24. The molecule has 1 saturated heterocycles. The molecule has 0 spiro atoms. The van der Waals surface area contributed by atoms with Crippen LogP contribution in [0, 0.1) is 10.8 Å². The molecule has 0 aromatic rings. The third-order valence-electron chi connectivity index (χ3n) is 3.08. The van der Waals surface area contributed by atoms with Gasteiger partial charge in [-0.2, -0.15) is 0 Å². The number of rotatable bonds is 4. The minimum absolute atomic E-state index is 0.352. The van der Waals surface area contributed by atoms with E-state index in [2.05, 4.69) is 10.2 Å². The van der Waals surface area contributed by atoms with Crippen LogP contribution in [0.5, 0.6) is 0 Å².